The number of allylic oxidation sites excluding steroid dienone is 1. The number of hydrogen-bond donors (Lipinski definition) is 0. The molecule has 0 bridgehead atoms. The van der Waals surface area contributed by atoms with E-state index in [4.69, 9.17) is 4.74 Å². The number of carbonyl (C=O) groups excluding carboxylic acids is 1. The average molecular weight is 184 g/mol. The maximum atomic E-state index is 10.1. The van der Waals surface area contributed by atoms with E-state index in [2.05, 4.69) is 20.8 Å². The third-order valence-electron chi connectivity index (χ3n) is 2.09. The molecule has 0 saturated carbocycles. The third-order valence-corrected chi connectivity index (χ3v) is 2.09. The van der Waals surface area contributed by atoms with Crippen molar-refractivity contribution in [1.29, 1.82) is 0 Å². The van der Waals surface area contributed by atoms with E-state index < -0.39 is 0 Å². The van der Waals surface area contributed by atoms with Crippen molar-refractivity contribution in [2.75, 3.05) is 7.11 Å². The zero-order chi connectivity index (χ0) is 10.3. The van der Waals surface area contributed by atoms with Gasteiger partial charge >= 0.3 is 0 Å². The van der Waals surface area contributed by atoms with Crippen LogP contribution >= 0.6 is 0 Å². The van der Waals surface area contributed by atoms with Crippen LogP contribution in [0, 0.1) is 11.8 Å². The first-order valence-corrected chi connectivity index (χ1v) is 4.76. The van der Waals surface area contributed by atoms with Crippen molar-refractivity contribution in [3.8, 4) is 0 Å². The van der Waals surface area contributed by atoms with Crippen LogP contribution in [-0.2, 0) is 9.53 Å². The molecule has 76 valence electrons. The van der Waals surface area contributed by atoms with Gasteiger partial charge in [0.1, 0.15) is 6.29 Å². The van der Waals surface area contributed by atoms with E-state index >= 15 is 0 Å². The molecular formula is C11H20O2. The Balaban J connectivity index is 4.05. The van der Waals surface area contributed by atoms with E-state index in [0.717, 1.165) is 12.7 Å². The summed E-state index contributed by atoms with van der Waals surface area (Å²) >= 11 is 0. The van der Waals surface area contributed by atoms with Gasteiger partial charge in [0.2, 0.25) is 0 Å². The standard InChI is InChI=1S/C11H20O2/c1-9(2)8-11(13-4)10(3)6-5-7-12/h5-7,9-11H,8H2,1-4H3. The minimum atomic E-state index is 0.219. The lowest BCUT2D eigenvalue weighted by Crippen LogP contribution is -2.20. The molecule has 0 amide bonds. The molecule has 0 aliphatic carbocycles. The highest BCUT2D eigenvalue weighted by Crippen LogP contribution is 2.16. The molecule has 0 rings (SSSR count). The van der Waals surface area contributed by atoms with Crippen LogP contribution in [0.4, 0.5) is 0 Å². The summed E-state index contributed by atoms with van der Waals surface area (Å²) in [5.41, 5.74) is 0. The van der Waals surface area contributed by atoms with Crippen LogP contribution in [0.5, 0.6) is 0 Å². The molecule has 0 aromatic heterocycles. The minimum absolute atomic E-state index is 0.219. The van der Waals surface area contributed by atoms with Gasteiger partial charge in [0.15, 0.2) is 0 Å². The summed E-state index contributed by atoms with van der Waals surface area (Å²) in [6.45, 7) is 6.40. The van der Waals surface area contributed by atoms with Crippen LogP contribution in [0.2, 0.25) is 0 Å². The summed E-state index contributed by atoms with van der Waals surface area (Å²) in [7, 11) is 1.72. The fraction of sp³-hybridized carbons (Fsp3) is 0.727. The topological polar surface area (TPSA) is 26.3 Å². The summed E-state index contributed by atoms with van der Waals surface area (Å²) < 4.78 is 5.35. The quantitative estimate of drug-likeness (QED) is 0.468. The number of methoxy groups -OCH3 is 1. The Hall–Kier alpha value is -0.630. The fourth-order valence-electron chi connectivity index (χ4n) is 1.33. The summed E-state index contributed by atoms with van der Waals surface area (Å²) in [6, 6.07) is 0. The number of aldehydes is 1. The molecule has 2 atom stereocenters. The molecule has 0 aliphatic rings. The van der Waals surface area contributed by atoms with Crippen molar-refractivity contribution in [3.05, 3.63) is 12.2 Å². The normalized spacial score (nSPS) is 16.4. The van der Waals surface area contributed by atoms with Gasteiger partial charge in [0.05, 0.1) is 6.10 Å². The molecule has 2 heteroatoms. The summed E-state index contributed by atoms with van der Waals surface area (Å²) in [5.74, 6) is 0.926. The molecule has 0 aromatic carbocycles. The van der Waals surface area contributed by atoms with Gasteiger partial charge in [0, 0.05) is 13.0 Å². The molecule has 13 heavy (non-hydrogen) atoms. The lowest BCUT2D eigenvalue weighted by molar-refractivity contribution is -0.104. The number of rotatable bonds is 6. The van der Waals surface area contributed by atoms with Crippen LogP contribution in [0.15, 0.2) is 12.2 Å². The summed E-state index contributed by atoms with van der Waals surface area (Å²) in [5, 5.41) is 0. The van der Waals surface area contributed by atoms with Crippen molar-refractivity contribution < 1.29 is 9.53 Å². The molecule has 0 aromatic rings. The van der Waals surface area contributed by atoms with Crippen molar-refractivity contribution in [1.82, 2.24) is 0 Å². The zero-order valence-electron chi connectivity index (χ0n) is 8.99. The van der Waals surface area contributed by atoms with Crippen LogP contribution in [0.3, 0.4) is 0 Å². The predicted octanol–water partition coefficient (Wildman–Crippen LogP) is 2.44. The Kier molecular flexibility index (Phi) is 6.51. The minimum Gasteiger partial charge on any atom is -0.381 e. The molecule has 0 fully saturated rings. The van der Waals surface area contributed by atoms with E-state index in [-0.39, 0.29) is 6.10 Å². The van der Waals surface area contributed by atoms with Crippen LogP contribution in [-0.4, -0.2) is 19.5 Å². The molecule has 0 N–H and O–H groups in total. The van der Waals surface area contributed by atoms with E-state index in [0.29, 0.717) is 11.8 Å². The van der Waals surface area contributed by atoms with Crippen molar-refractivity contribution in [3.63, 3.8) is 0 Å². The monoisotopic (exact) mass is 184 g/mol. The molecule has 0 spiro atoms. The second kappa shape index (κ2) is 6.84. The maximum Gasteiger partial charge on any atom is 0.142 e. The first-order valence-electron chi connectivity index (χ1n) is 4.76. The van der Waals surface area contributed by atoms with Crippen LogP contribution in [0.1, 0.15) is 27.2 Å². The Morgan fingerprint density at radius 1 is 1.31 bits per heavy atom. The fourth-order valence-corrected chi connectivity index (χ4v) is 1.33. The van der Waals surface area contributed by atoms with Crippen LogP contribution in [0.25, 0.3) is 0 Å². The Labute approximate surface area is 81.0 Å². The zero-order valence-corrected chi connectivity index (χ0v) is 8.99. The van der Waals surface area contributed by atoms with Gasteiger partial charge in [-0.25, -0.2) is 0 Å². The number of carbonyl (C=O) groups is 1. The Morgan fingerprint density at radius 3 is 2.31 bits per heavy atom. The highest BCUT2D eigenvalue weighted by molar-refractivity contribution is 5.64. The summed E-state index contributed by atoms with van der Waals surface area (Å²) in [4.78, 5) is 10.1. The smallest absolute Gasteiger partial charge is 0.142 e. The Bertz CT molecular complexity index is 161. The SMILES string of the molecule is COC(CC(C)C)C(C)C=CC=O. The van der Waals surface area contributed by atoms with E-state index in [1.54, 1.807) is 7.11 Å². The van der Waals surface area contributed by atoms with Gasteiger partial charge in [-0.3, -0.25) is 4.79 Å². The van der Waals surface area contributed by atoms with Gasteiger partial charge in [-0.2, -0.15) is 0 Å². The van der Waals surface area contributed by atoms with Crippen LogP contribution < -0.4 is 0 Å². The lowest BCUT2D eigenvalue weighted by atomic mass is 9.95. The molecule has 0 saturated heterocycles. The Morgan fingerprint density at radius 2 is 1.92 bits per heavy atom. The molecule has 0 heterocycles. The first kappa shape index (κ1) is 12.4. The van der Waals surface area contributed by atoms with Gasteiger partial charge < -0.3 is 4.74 Å². The second-order valence-electron chi connectivity index (χ2n) is 3.78. The molecular weight excluding hydrogens is 164 g/mol. The van der Waals surface area contributed by atoms with Gasteiger partial charge in [0.25, 0.3) is 0 Å². The van der Waals surface area contributed by atoms with Crippen molar-refractivity contribution in [2.45, 2.75) is 33.3 Å². The first-order chi connectivity index (χ1) is 6.11. The summed E-state index contributed by atoms with van der Waals surface area (Å²) in [6.07, 6.45) is 5.48. The lowest BCUT2D eigenvalue weighted by Gasteiger charge is -2.21. The predicted molar refractivity (Wildman–Crippen MR) is 54.6 cm³/mol. The van der Waals surface area contributed by atoms with Gasteiger partial charge in [-0.15, -0.1) is 0 Å². The maximum absolute atomic E-state index is 10.1. The number of ether oxygens (including phenoxy) is 1. The average Bonchev–Trinajstić information content (AvgIpc) is 2.09. The van der Waals surface area contributed by atoms with Gasteiger partial charge in [-0.05, 0) is 18.4 Å². The largest absolute Gasteiger partial charge is 0.381 e. The number of hydrogen-bond acceptors (Lipinski definition) is 2. The van der Waals surface area contributed by atoms with E-state index in [9.17, 15) is 4.79 Å². The van der Waals surface area contributed by atoms with E-state index in [1.807, 2.05) is 6.08 Å². The van der Waals surface area contributed by atoms with E-state index in [1.165, 1.54) is 6.08 Å². The second-order valence-corrected chi connectivity index (χ2v) is 3.78. The third kappa shape index (κ3) is 5.58. The molecule has 2 unspecified atom stereocenters. The highest BCUT2D eigenvalue weighted by Gasteiger charge is 2.15. The highest BCUT2D eigenvalue weighted by atomic mass is 16.5. The van der Waals surface area contributed by atoms with Gasteiger partial charge in [-0.1, -0.05) is 26.8 Å². The molecule has 0 aliphatic heterocycles. The molecule has 0 radical (unpaired) electrons. The van der Waals surface area contributed by atoms with Crippen molar-refractivity contribution >= 4 is 6.29 Å². The molecule has 2 nitrogen and oxygen atoms in total. The van der Waals surface area contributed by atoms with Crippen molar-refractivity contribution in [2.24, 2.45) is 11.8 Å².